The highest BCUT2D eigenvalue weighted by Crippen LogP contribution is 2.39. The molecule has 0 radical (unpaired) electrons. The van der Waals surface area contributed by atoms with Crippen LogP contribution in [0.3, 0.4) is 0 Å². The van der Waals surface area contributed by atoms with E-state index in [-0.39, 0.29) is 37.9 Å². The quantitative estimate of drug-likeness (QED) is 0.270. The smallest absolute Gasteiger partial charge is 0.416 e. The molecular weight excluding hydrogens is 595 g/mol. The van der Waals surface area contributed by atoms with Crippen LogP contribution >= 0.6 is 0 Å². The minimum Gasteiger partial charge on any atom is -0.445 e. The van der Waals surface area contributed by atoms with Crippen LogP contribution in [-0.4, -0.2) is 53.5 Å². The van der Waals surface area contributed by atoms with Gasteiger partial charge >= 0.3 is 24.5 Å². The summed E-state index contributed by atoms with van der Waals surface area (Å²) in [5, 5.41) is 0. The van der Waals surface area contributed by atoms with Crippen molar-refractivity contribution in [3.63, 3.8) is 0 Å². The van der Waals surface area contributed by atoms with Crippen molar-refractivity contribution in [2.45, 2.75) is 44.9 Å². The van der Waals surface area contributed by atoms with Crippen molar-refractivity contribution in [1.82, 2.24) is 14.7 Å². The van der Waals surface area contributed by atoms with E-state index in [1.807, 2.05) is 6.07 Å². The molecular formula is C31H30F7N3O3. The molecule has 4 rings (SSSR count). The third-order valence-corrected chi connectivity index (χ3v) is 7.66. The molecule has 0 spiro atoms. The lowest BCUT2D eigenvalue weighted by Crippen LogP contribution is -2.55. The standard InChI is InChI=1S/C31H30F7N3O3/c1-19-13-25(32)9-10-26(19)27-17-40(29(43)44-18-21-7-5-4-6-8-21)11-12-41(27)28(42)39(3)20(2)22-14-23(30(33,34)35)16-24(15-22)31(36,37)38/h4-10,13-16,20,27H,11-12,17-18H2,1-3H3. The van der Waals surface area contributed by atoms with E-state index in [1.54, 1.807) is 31.2 Å². The lowest BCUT2D eigenvalue weighted by Gasteiger charge is -2.44. The first-order chi connectivity index (χ1) is 20.6. The number of hydrogen-bond acceptors (Lipinski definition) is 3. The Morgan fingerprint density at radius 3 is 2.11 bits per heavy atom. The highest BCUT2D eigenvalue weighted by atomic mass is 19.4. The molecule has 3 aromatic carbocycles. The van der Waals surface area contributed by atoms with Crippen LogP contribution in [-0.2, 0) is 23.7 Å². The van der Waals surface area contributed by atoms with Gasteiger partial charge in [-0.1, -0.05) is 36.4 Å². The van der Waals surface area contributed by atoms with Crippen LogP contribution in [0.25, 0.3) is 0 Å². The number of carbonyl (C=O) groups is 2. The van der Waals surface area contributed by atoms with Gasteiger partial charge in [-0.25, -0.2) is 14.0 Å². The van der Waals surface area contributed by atoms with E-state index < -0.39 is 53.5 Å². The zero-order valence-corrected chi connectivity index (χ0v) is 24.0. The molecule has 1 aliphatic rings. The minimum atomic E-state index is -5.05. The van der Waals surface area contributed by atoms with Gasteiger partial charge in [-0.15, -0.1) is 0 Å². The number of nitrogens with zero attached hydrogens (tertiary/aromatic N) is 3. The number of halogens is 7. The summed E-state index contributed by atoms with van der Waals surface area (Å²) in [6, 6.07) is 11.4. The number of aryl methyl sites for hydroxylation is 1. The molecule has 0 aliphatic carbocycles. The average Bonchev–Trinajstić information content (AvgIpc) is 2.98. The Balaban J connectivity index is 1.61. The van der Waals surface area contributed by atoms with Gasteiger partial charge in [-0.3, -0.25) is 0 Å². The largest absolute Gasteiger partial charge is 0.445 e. The summed E-state index contributed by atoms with van der Waals surface area (Å²) in [5.74, 6) is -0.519. The van der Waals surface area contributed by atoms with Gasteiger partial charge in [0.15, 0.2) is 0 Å². The normalized spacial score (nSPS) is 16.5. The number of alkyl halides is 6. The molecule has 44 heavy (non-hydrogen) atoms. The SMILES string of the molecule is Cc1cc(F)ccc1C1CN(C(=O)OCc2ccccc2)CCN1C(=O)N(C)C(C)c1cc(C(F)(F)F)cc(C(F)(F)F)c1. The number of amides is 3. The fraction of sp³-hybridized carbons (Fsp3) is 0.355. The predicted octanol–water partition coefficient (Wildman–Crippen LogP) is 7.98. The number of benzene rings is 3. The van der Waals surface area contributed by atoms with Gasteiger partial charge in [0.25, 0.3) is 0 Å². The molecule has 0 aromatic heterocycles. The van der Waals surface area contributed by atoms with Crippen molar-refractivity contribution in [2.75, 3.05) is 26.7 Å². The lowest BCUT2D eigenvalue weighted by molar-refractivity contribution is -0.143. The van der Waals surface area contributed by atoms with Gasteiger partial charge in [-0.05, 0) is 66.4 Å². The number of rotatable bonds is 5. The Labute approximate surface area is 249 Å². The molecule has 13 heteroatoms. The maximum Gasteiger partial charge on any atom is 0.416 e. The predicted molar refractivity (Wildman–Crippen MR) is 147 cm³/mol. The topological polar surface area (TPSA) is 53.1 Å². The first kappa shape index (κ1) is 32.6. The van der Waals surface area contributed by atoms with Crippen LogP contribution in [0.15, 0.2) is 66.7 Å². The number of ether oxygens (including phenoxy) is 1. The van der Waals surface area contributed by atoms with Crippen molar-refractivity contribution in [3.8, 4) is 0 Å². The van der Waals surface area contributed by atoms with Crippen LogP contribution in [0.2, 0.25) is 0 Å². The average molecular weight is 626 g/mol. The molecule has 0 saturated carbocycles. The summed E-state index contributed by atoms with van der Waals surface area (Å²) in [6.07, 6.45) is -10.7. The zero-order chi connectivity index (χ0) is 32.4. The van der Waals surface area contributed by atoms with Crippen molar-refractivity contribution in [3.05, 3.63) is 106 Å². The van der Waals surface area contributed by atoms with Crippen molar-refractivity contribution in [1.29, 1.82) is 0 Å². The summed E-state index contributed by atoms with van der Waals surface area (Å²) in [6.45, 7) is 2.92. The summed E-state index contributed by atoms with van der Waals surface area (Å²) in [5.41, 5.74) is -1.58. The van der Waals surface area contributed by atoms with Crippen LogP contribution in [0.1, 0.15) is 52.4 Å². The molecule has 3 amide bonds. The molecule has 2 atom stereocenters. The Morgan fingerprint density at radius 2 is 1.55 bits per heavy atom. The van der Waals surface area contributed by atoms with Gasteiger partial charge in [0.05, 0.1) is 23.2 Å². The fourth-order valence-electron chi connectivity index (χ4n) is 5.08. The maximum absolute atomic E-state index is 14.0. The first-order valence-corrected chi connectivity index (χ1v) is 13.6. The Hall–Kier alpha value is -4.29. The van der Waals surface area contributed by atoms with Crippen LogP contribution in [0.5, 0.6) is 0 Å². The highest BCUT2D eigenvalue weighted by Gasteiger charge is 2.40. The first-order valence-electron chi connectivity index (χ1n) is 13.6. The molecule has 6 nitrogen and oxygen atoms in total. The fourth-order valence-corrected chi connectivity index (χ4v) is 5.08. The third-order valence-electron chi connectivity index (χ3n) is 7.66. The zero-order valence-electron chi connectivity index (χ0n) is 24.0. The molecule has 236 valence electrons. The van der Waals surface area contributed by atoms with E-state index in [0.717, 1.165) is 10.5 Å². The third kappa shape index (κ3) is 7.43. The molecule has 0 bridgehead atoms. The Bertz CT molecular complexity index is 1460. The number of urea groups is 1. The highest BCUT2D eigenvalue weighted by molar-refractivity contribution is 5.76. The summed E-state index contributed by atoms with van der Waals surface area (Å²) in [4.78, 5) is 30.6. The van der Waals surface area contributed by atoms with Crippen LogP contribution in [0.4, 0.5) is 40.3 Å². The van der Waals surface area contributed by atoms with Gasteiger partial charge in [0, 0.05) is 26.7 Å². The molecule has 1 heterocycles. The second-order valence-corrected chi connectivity index (χ2v) is 10.6. The molecule has 2 unspecified atom stereocenters. The summed E-state index contributed by atoms with van der Waals surface area (Å²) in [7, 11) is 1.27. The van der Waals surface area contributed by atoms with E-state index >= 15 is 0 Å². The van der Waals surface area contributed by atoms with Crippen molar-refractivity contribution in [2.24, 2.45) is 0 Å². The Kier molecular flexibility index (Phi) is 9.45. The molecule has 1 aliphatic heterocycles. The number of carbonyl (C=O) groups excluding carboxylic acids is 2. The second-order valence-electron chi connectivity index (χ2n) is 10.6. The summed E-state index contributed by atoms with van der Waals surface area (Å²) >= 11 is 0. The van der Waals surface area contributed by atoms with Crippen molar-refractivity contribution >= 4 is 12.1 Å². The van der Waals surface area contributed by atoms with E-state index in [9.17, 15) is 40.3 Å². The van der Waals surface area contributed by atoms with E-state index in [0.29, 0.717) is 23.3 Å². The van der Waals surface area contributed by atoms with E-state index in [1.165, 1.54) is 42.0 Å². The van der Waals surface area contributed by atoms with Crippen LogP contribution < -0.4 is 0 Å². The Morgan fingerprint density at radius 1 is 0.932 bits per heavy atom. The summed E-state index contributed by atoms with van der Waals surface area (Å²) < 4.78 is 100. The van der Waals surface area contributed by atoms with E-state index in [4.69, 9.17) is 4.74 Å². The lowest BCUT2D eigenvalue weighted by atomic mass is 9.97. The molecule has 0 N–H and O–H groups in total. The van der Waals surface area contributed by atoms with Crippen molar-refractivity contribution < 1.29 is 45.1 Å². The monoisotopic (exact) mass is 625 g/mol. The van der Waals surface area contributed by atoms with Gasteiger partial charge in [0.1, 0.15) is 12.4 Å². The van der Waals surface area contributed by atoms with Gasteiger partial charge in [0.2, 0.25) is 0 Å². The minimum absolute atomic E-state index is 0.0101. The van der Waals surface area contributed by atoms with E-state index in [2.05, 4.69) is 0 Å². The molecule has 1 saturated heterocycles. The van der Waals surface area contributed by atoms with Gasteiger partial charge in [-0.2, -0.15) is 26.3 Å². The number of piperazine rings is 1. The van der Waals surface area contributed by atoms with Crippen LogP contribution in [0, 0.1) is 12.7 Å². The molecule has 3 aromatic rings. The maximum atomic E-state index is 14.0. The number of hydrogen-bond donors (Lipinski definition) is 0. The second kappa shape index (κ2) is 12.7. The molecule has 1 fully saturated rings. The van der Waals surface area contributed by atoms with Gasteiger partial charge < -0.3 is 19.4 Å².